The van der Waals surface area contributed by atoms with Gasteiger partial charge in [-0.2, -0.15) is 5.10 Å². The molecule has 4 rings (SSSR count). The van der Waals surface area contributed by atoms with E-state index in [4.69, 9.17) is 0 Å². The molecule has 1 saturated heterocycles. The average molecular weight is 473 g/mol. The molecule has 2 heterocycles. The number of aliphatic hydroxyl groups is 1. The molecule has 1 aliphatic rings. The van der Waals surface area contributed by atoms with E-state index in [1.54, 1.807) is 53.2 Å². The molecule has 10 heteroatoms. The number of aryl methyl sites for hydroxylation is 1. The average Bonchev–Trinajstić information content (AvgIpc) is 3.25. The zero-order valence-electron chi connectivity index (χ0n) is 18.1. The van der Waals surface area contributed by atoms with E-state index in [0.29, 0.717) is 37.1 Å². The van der Waals surface area contributed by atoms with Gasteiger partial charge in [-0.05, 0) is 60.9 Å². The van der Waals surface area contributed by atoms with Crippen molar-refractivity contribution >= 4 is 15.9 Å². The van der Waals surface area contributed by atoms with Gasteiger partial charge in [0.15, 0.2) is 0 Å². The highest BCUT2D eigenvalue weighted by molar-refractivity contribution is 7.89. The van der Waals surface area contributed by atoms with Crippen LogP contribution in [-0.4, -0.2) is 47.2 Å². The maximum atomic E-state index is 13.1. The quantitative estimate of drug-likeness (QED) is 0.572. The van der Waals surface area contributed by atoms with E-state index in [9.17, 15) is 22.7 Å². The number of amides is 1. The Kier molecular flexibility index (Phi) is 6.33. The van der Waals surface area contributed by atoms with E-state index in [-0.39, 0.29) is 17.3 Å². The normalized spacial score (nSPS) is 16.0. The number of likely N-dealkylation sites (tertiary alicyclic amines) is 1. The number of rotatable bonds is 6. The fraction of sp³-hybridized carbons (Fsp3) is 0.304. The largest absolute Gasteiger partial charge is 0.383 e. The number of piperidine rings is 1. The van der Waals surface area contributed by atoms with E-state index in [1.807, 2.05) is 0 Å². The molecule has 0 atom stereocenters. The van der Waals surface area contributed by atoms with Gasteiger partial charge in [-0.1, -0.05) is 12.1 Å². The molecule has 0 spiro atoms. The van der Waals surface area contributed by atoms with Crippen molar-refractivity contribution in [2.75, 3.05) is 13.1 Å². The number of halogens is 1. The van der Waals surface area contributed by atoms with Gasteiger partial charge in [-0.3, -0.25) is 9.48 Å². The van der Waals surface area contributed by atoms with Gasteiger partial charge < -0.3 is 10.0 Å². The highest BCUT2D eigenvalue weighted by Gasteiger charge is 2.37. The third-order valence-corrected chi connectivity index (χ3v) is 7.36. The second-order valence-corrected chi connectivity index (χ2v) is 9.91. The van der Waals surface area contributed by atoms with Crippen molar-refractivity contribution in [3.8, 4) is 0 Å². The minimum atomic E-state index is -3.81. The molecule has 2 N–H and O–H groups in total. The molecule has 0 radical (unpaired) electrons. The lowest BCUT2D eigenvalue weighted by Crippen LogP contribution is -2.46. The van der Waals surface area contributed by atoms with Crippen LogP contribution in [-0.2, 0) is 29.2 Å². The topological polar surface area (TPSA) is 105 Å². The lowest BCUT2D eigenvalue weighted by molar-refractivity contribution is -0.0270. The number of nitrogens with one attached hydrogen (secondary N) is 1. The monoisotopic (exact) mass is 472 g/mol. The first-order valence-corrected chi connectivity index (χ1v) is 12.0. The van der Waals surface area contributed by atoms with Crippen LogP contribution < -0.4 is 4.72 Å². The number of nitrogens with zero attached hydrogens (tertiary/aromatic N) is 3. The number of benzene rings is 2. The molecule has 8 nitrogen and oxygen atoms in total. The number of carbonyl (C=O) groups is 1. The van der Waals surface area contributed by atoms with Crippen molar-refractivity contribution < 1.29 is 22.7 Å². The van der Waals surface area contributed by atoms with Gasteiger partial charge >= 0.3 is 0 Å². The standard InChI is InChI=1S/C23H25FN4O4S/c1-27-21(9-12-25-27)23(30)10-13-28(14-11-23)22(29)18-4-2-3-17(15-18)16-26-33(31,32)20-7-5-19(24)6-8-20/h2-9,12,15,26,30H,10-11,13-14,16H2,1H3. The van der Waals surface area contributed by atoms with Gasteiger partial charge in [-0.15, -0.1) is 0 Å². The van der Waals surface area contributed by atoms with Crippen molar-refractivity contribution in [1.82, 2.24) is 19.4 Å². The molecule has 0 saturated carbocycles. The van der Waals surface area contributed by atoms with Crippen LogP contribution in [0.5, 0.6) is 0 Å². The lowest BCUT2D eigenvalue weighted by Gasteiger charge is -2.38. The van der Waals surface area contributed by atoms with Crippen LogP contribution in [0, 0.1) is 5.82 Å². The second kappa shape index (κ2) is 9.05. The van der Waals surface area contributed by atoms with Gasteiger partial charge in [0.05, 0.1) is 10.6 Å². The summed E-state index contributed by atoms with van der Waals surface area (Å²) in [7, 11) is -2.04. The summed E-state index contributed by atoms with van der Waals surface area (Å²) in [6.07, 6.45) is 2.44. The maximum Gasteiger partial charge on any atom is 0.253 e. The van der Waals surface area contributed by atoms with E-state index < -0.39 is 21.4 Å². The minimum absolute atomic E-state index is 0.0128. The zero-order valence-corrected chi connectivity index (χ0v) is 18.9. The summed E-state index contributed by atoms with van der Waals surface area (Å²) in [4.78, 5) is 14.7. The number of carbonyl (C=O) groups excluding carboxylic acids is 1. The van der Waals surface area contributed by atoms with Crippen molar-refractivity contribution in [2.45, 2.75) is 29.9 Å². The Balaban J connectivity index is 1.40. The molecule has 0 bridgehead atoms. The molecular formula is C23H25FN4O4S. The Hall–Kier alpha value is -3.08. The smallest absolute Gasteiger partial charge is 0.253 e. The number of hydrogen-bond donors (Lipinski definition) is 2. The Morgan fingerprint density at radius 3 is 2.48 bits per heavy atom. The predicted octanol–water partition coefficient (Wildman–Crippen LogP) is 2.16. The van der Waals surface area contributed by atoms with Crippen molar-refractivity contribution in [2.24, 2.45) is 7.05 Å². The number of hydrogen-bond acceptors (Lipinski definition) is 5. The molecular weight excluding hydrogens is 447 g/mol. The Bertz CT molecular complexity index is 1250. The summed E-state index contributed by atoms with van der Waals surface area (Å²) in [6.45, 7) is 0.769. The third-order valence-electron chi connectivity index (χ3n) is 5.94. The molecule has 174 valence electrons. The molecule has 0 aliphatic carbocycles. The van der Waals surface area contributed by atoms with Crippen LogP contribution in [0.1, 0.15) is 34.5 Å². The highest BCUT2D eigenvalue weighted by atomic mass is 32.2. The summed E-state index contributed by atoms with van der Waals surface area (Å²) in [5.74, 6) is -0.693. The molecule has 33 heavy (non-hydrogen) atoms. The van der Waals surface area contributed by atoms with E-state index in [0.717, 1.165) is 17.8 Å². The number of sulfonamides is 1. The van der Waals surface area contributed by atoms with E-state index in [1.165, 1.54) is 12.1 Å². The lowest BCUT2D eigenvalue weighted by atomic mass is 9.88. The van der Waals surface area contributed by atoms with Gasteiger partial charge in [-0.25, -0.2) is 17.5 Å². The van der Waals surface area contributed by atoms with Gasteiger partial charge in [0, 0.05) is 38.4 Å². The molecule has 1 fully saturated rings. The second-order valence-electron chi connectivity index (χ2n) is 8.14. The van der Waals surface area contributed by atoms with Crippen molar-refractivity contribution in [3.05, 3.63) is 83.4 Å². The van der Waals surface area contributed by atoms with Crippen LogP contribution in [0.25, 0.3) is 0 Å². The van der Waals surface area contributed by atoms with Gasteiger partial charge in [0.25, 0.3) is 5.91 Å². The first kappa shape index (κ1) is 23.1. The van der Waals surface area contributed by atoms with E-state index >= 15 is 0 Å². The Labute approximate surface area is 191 Å². The van der Waals surface area contributed by atoms with Crippen LogP contribution >= 0.6 is 0 Å². The Morgan fingerprint density at radius 1 is 1.15 bits per heavy atom. The fourth-order valence-corrected chi connectivity index (χ4v) is 5.06. The van der Waals surface area contributed by atoms with Crippen LogP contribution in [0.3, 0.4) is 0 Å². The molecule has 0 unspecified atom stereocenters. The van der Waals surface area contributed by atoms with Crippen LogP contribution in [0.2, 0.25) is 0 Å². The SMILES string of the molecule is Cn1nccc1C1(O)CCN(C(=O)c2cccc(CNS(=O)(=O)c3ccc(F)cc3)c2)CC1. The van der Waals surface area contributed by atoms with Gasteiger partial charge in [0.1, 0.15) is 11.4 Å². The highest BCUT2D eigenvalue weighted by Crippen LogP contribution is 2.32. The zero-order chi connectivity index (χ0) is 23.6. The summed E-state index contributed by atoms with van der Waals surface area (Å²) in [5, 5.41) is 15.1. The maximum absolute atomic E-state index is 13.1. The fourth-order valence-electron chi connectivity index (χ4n) is 4.04. The molecule has 1 amide bonds. The van der Waals surface area contributed by atoms with Crippen molar-refractivity contribution in [1.29, 1.82) is 0 Å². The first-order valence-electron chi connectivity index (χ1n) is 10.5. The summed E-state index contributed by atoms with van der Waals surface area (Å²) in [6, 6.07) is 13.1. The Morgan fingerprint density at radius 2 is 1.85 bits per heavy atom. The molecule has 3 aromatic rings. The predicted molar refractivity (Wildman–Crippen MR) is 119 cm³/mol. The minimum Gasteiger partial charge on any atom is -0.383 e. The summed E-state index contributed by atoms with van der Waals surface area (Å²) >= 11 is 0. The first-order chi connectivity index (χ1) is 15.7. The van der Waals surface area contributed by atoms with Crippen molar-refractivity contribution in [3.63, 3.8) is 0 Å². The van der Waals surface area contributed by atoms with Gasteiger partial charge in [0.2, 0.25) is 10.0 Å². The van der Waals surface area contributed by atoms with Crippen LogP contribution in [0.15, 0.2) is 65.7 Å². The molecule has 1 aliphatic heterocycles. The van der Waals surface area contributed by atoms with Crippen LogP contribution in [0.4, 0.5) is 4.39 Å². The third kappa shape index (κ3) is 4.97. The molecule has 2 aromatic carbocycles. The molecule has 1 aromatic heterocycles. The summed E-state index contributed by atoms with van der Waals surface area (Å²) < 4.78 is 42.0. The number of aromatic nitrogens is 2. The summed E-state index contributed by atoms with van der Waals surface area (Å²) in [5.41, 5.74) is 0.766. The van der Waals surface area contributed by atoms with E-state index in [2.05, 4.69) is 9.82 Å².